The zero-order valence-corrected chi connectivity index (χ0v) is 19.2. The van der Waals surface area contributed by atoms with Crippen molar-refractivity contribution < 1.29 is 23.5 Å². The average Bonchev–Trinajstić information content (AvgIpc) is 3.42. The van der Waals surface area contributed by atoms with Gasteiger partial charge in [0.2, 0.25) is 0 Å². The third kappa shape index (κ3) is 4.49. The number of ketones is 1. The Bertz CT molecular complexity index is 1260. The van der Waals surface area contributed by atoms with Crippen LogP contribution in [0, 0.1) is 5.82 Å². The van der Waals surface area contributed by atoms with Crippen molar-refractivity contribution in [2.45, 2.75) is 31.4 Å². The van der Waals surface area contributed by atoms with Crippen LogP contribution in [-0.2, 0) is 16.0 Å². The molecule has 0 aliphatic carbocycles. The molecule has 1 aromatic heterocycles. The number of methoxy groups -OCH3 is 1. The molecule has 1 fully saturated rings. The highest BCUT2D eigenvalue weighted by atomic mass is 35.5. The number of aryl methyl sites for hydroxylation is 1. The lowest BCUT2D eigenvalue weighted by atomic mass is 10.00. The molecule has 8 nitrogen and oxygen atoms in total. The van der Waals surface area contributed by atoms with E-state index in [1.165, 1.54) is 28.8 Å². The molecule has 34 heavy (non-hydrogen) atoms. The number of carbonyl (C=O) groups is 3. The van der Waals surface area contributed by atoms with E-state index in [2.05, 4.69) is 5.32 Å². The fourth-order valence-corrected chi connectivity index (χ4v) is 4.61. The smallest absolute Gasteiger partial charge is 0.323 e. The van der Waals surface area contributed by atoms with Crippen LogP contribution in [0.2, 0.25) is 5.02 Å². The second-order valence-electron chi connectivity index (χ2n) is 8.08. The number of rotatable bonds is 6. The van der Waals surface area contributed by atoms with E-state index in [0.717, 1.165) is 0 Å². The molecule has 3 aromatic rings. The second-order valence-corrected chi connectivity index (χ2v) is 8.49. The largest absolute Gasteiger partial charge is 0.379 e. The van der Waals surface area contributed by atoms with E-state index in [9.17, 15) is 18.8 Å². The summed E-state index contributed by atoms with van der Waals surface area (Å²) >= 11 is 5.83. The summed E-state index contributed by atoms with van der Waals surface area (Å²) < 4.78 is 20.9. The van der Waals surface area contributed by atoms with Crippen LogP contribution in [0.5, 0.6) is 0 Å². The summed E-state index contributed by atoms with van der Waals surface area (Å²) in [5.41, 5.74) is 6.74. The molecule has 10 heteroatoms. The molecule has 1 aliphatic heterocycles. The number of hydrogen-bond donors (Lipinski definition) is 2. The average molecular weight is 487 g/mol. The highest BCUT2D eigenvalue weighted by Crippen LogP contribution is 2.29. The summed E-state index contributed by atoms with van der Waals surface area (Å²) in [5, 5.41) is 3.43. The van der Waals surface area contributed by atoms with Gasteiger partial charge < -0.3 is 20.7 Å². The number of nitrogens with two attached hydrogens (primary N) is 1. The van der Waals surface area contributed by atoms with Gasteiger partial charge in [-0.3, -0.25) is 9.36 Å². The molecule has 2 atom stereocenters. The Kier molecular flexibility index (Phi) is 6.85. The molecule has 2 aromatic carbocycles. The van der Waals surface area contributed by atoms with Gasteiger partial charge in [-0.2, -0.15) is 0 Å². The van der Waals surface area contributed by atoms with E-state index < -0.39 is 30.0 Å². The molecule has 178 valence electrons. The highest BCUT2D eigenvalue weighted by Gasteiger charge is 2.41. The van der Waals surface area contributed by atoms with Crippen molar-refractivity contribution in [1.82, 2.24) is 9.47 Å². The Labute approximate surface area is 200 Å². The SMILES string of the molecule is CO[C@@H]1CCN(C(=O)Nc2cn(C(N)=O)c3ccccc23)[C@@H]1C(=O)CCc1cccc(Cl)c1F. The van der Waals surface area contributed by atoms with Crippen LogP contribution >= 0.6 is 11.6 Å². The zero-order valence-electron chi connectivity index (χ0n) is 18.5. The number of aromatic nitrogens is 1. The number of ether oxygens (including phenoxy) is 1. The lowest BCUT2D eigenvalue weighted by molar-refractivity contribution is -0.125. The van der Waals surface area contributed by atoms with Crippen LogP contribution in [0.25, 0.3) is 10.9 Å². The Morgan fingerprint density at radius 3 is 2.71 bits per heavy atom. The van der Waals surface area contributed by atoms with Crippen molar-refractivity contribution in [1.29, 1.82) is 0 Å². The van der Waals surface area contributed by atoms with E-state index in [1.807, 2.05) is 0 Å². The van der Waals surface area contributed by atoms with Gasteiger partial charge in [-0.25, -0.2) is 14.0 Å². The van der Waals surface area contributed by atoms with Gasteiger partial charge in [0.15, 0.2) is 5.78 Å². The van der Waals surface area contributed by atoms with Gasteiger partial charge in [0, 0.05) is 31.7 Å². The van der Waals surface area contributed by atoms with E-state index >= 15 is 0 Å². The van der Waals surface area contributed by atoms with E-state index in [1.54, 1.807) is 36.4 Å². The quantitative estimate of drug-likeness (QED) is 0.545. The van der Waals surface area contributed by atoms with Crippen LogP contribution in [-0.4, -0.2) is 53.1 Å². The van der Waals surface area contributed by atoms with Gasteiger partial charge in [0.25, 0.3) is 0 Å². The van der Waals surface area contributed by atoms with Crippen LogP contribution in [0.4, 0.5) is 19.7 Å². The number of benzene rings is 2. The summed E-state index contributed by atoms with van der Waals surface area (Å²) in [6, 6.07) is 9.66. The van der Waals surface area contributed by atoms with Crippen LogP contribution in [0.15, 0.2) is 48.7 Å². The Balaban J connectivity index is 1.53. The number of carbonyl (C=O) groups excluding carboxylic acids is 3. The molecule has 0 spiro atoms. The molecule has 0 bridgehead atoms. The monoisotopic (exact) mass is 486 g/mol. The first kappa shape index (κ1) is 23.7. The number of urea groups is 1. The lowest BCUT2D eigenvalue weighted by Crippen LogP contribution is -2.47. The molecule has 0 saturated carbocycles. The van der Waals surface area contributed by atoms with Gasteiger partial charge in [-0.1, -0.05) is 41.9 Å². The maximum Gasteiger partial charge on any atom is 0.323 e. The number of amides is 3. The van der Waals surface area contributed by atoms with E-state index in [4.69, 9.17) is 22.1 Å². The van der Waals surface area contributed by atoms with Gasteiger partial charge in [-0.05, 0) is 30.5 Å². The first-order valence-corrected chi connectivity index (χ1v) is 11.2. The molecule has 1 saturated heterocycles. The normalized spacial score (nSPS) is 17.8. The number of para-hydroxylation sites is 1. The van der Waals surface area contributed by atoms with Crippen molar-refractivity contribution in [3.63, 3.8) is 0 Å². The minimum absolute atomic E-state index is 0.00304. The number of nitrogens with zero attached hydrogens (tertiary/aromatic N) is 2. The topological polar surface area (TPSA) is 107 Å². The number of nitrogens with one attached hydrogen (secondary N) is 1. The summed E-state index contributed by atoms with van der Waals surface area (Å²) in [5.74, 6) is -0.787. The third-order valence-electron chi connectivity index (χ3n) is 6.10. The number of likely N-dealkylation sites (tertiary alicyclic amines) is 1. The van der Waals surface area contributed by atoms with Crippen LogP contribution in [0.3, 0.4) is 0 Å². The van der Waals surface area contributed by atoms with Crippen molar-refractivity contribution in [2.75, 3.05) is 19.0 Å². The minimum atomic E-state index is -0.822. The lowest BCUT2D eigenvalue weighted by Gasteiger charge is -2.26. The Hall–Kier alpha value is -3.43. The second kappa shape index (κ2) is 9.82. The molecule has 1 aliphatic rings. The zero-order chi connectivity index (χ0) is 24.4. The fraction of sp³-hybridized carbons (Fsp3) is 0.292. The number of fused-ring (bicyclic) bond motifs is 1. The highest BCUT2D eigenvalue weighted by molar-refractivity contribution is 6.30. The first-order chi connectivity index (χ1) is 16.3. The predicted octanol–water partition coefficient (Wildman–Crippen LogP) is 4.18. The number of primary amides is 1. The van der Waals surface area contributed by atoms with Crippen molar-refractivity contribution in [3.8, 4) is 0 Å². The Morgan fingerprint density at radius 1 is 1.21 bits per heavy atom. The van der Waals surface area contributed by atoms with E-state index in [-0.39, 0.29) is 23.6 Å². The Morgan fingerprint density at radius 2 is 1.97 bits per heavy atom. The summed E-state index contributed by atoms with van der Waals surface area (Å²) in [6.45, 7) is 0.306. The van der Waals surface area contributed by atoms with Crippen molar-refractivity contribution >= 4 is 46.0 Å². The molecular formula is C24H24ClFN4O4. The standard InChI is InChI=1S/C24H24ClFN4O4/c1-34-20-11-12-29(22(20)19(31)10-9-14-5-4-7-16(25)21(14)26)24(33)28-17-13-30(23(27)32)18-8-3-2-6-15(17)18/h2-8,13,20,22H,9-12H2,1H3,(H2,27,32)(H,28,33)/t20-,22-/m1/s1. The molecule has 3 N–H and O–H groups in total. The summed E-state index contributed by atoms with van der Waals surface area (Å²) in [4.78, 5) is 39.5. The molecule has 2 heterocycles. The molecule has 0 unspecified atom stereocenters. The van der Waals surface area contributed by atoms with Gasteiger partial charge in [0.1, 0.15) is 11.9 Å². The maximum absolute atomic E-state index is 14.2. The third-order valence-corrected chi connectivity index (χ3v) is 6.39. The number of hydrogen-bond acceptors (Lipinski definition) is 4. The van der Waals surface area contributed by atoms with Crippen LogP contribution in [0.1, 0.15) is 18.4 Å². The predicted molar refractivity (Wildman–Crippen MR) is 127 cm³/mol. The molecule has 0 radical (unpaired) electrons. The fourth-order valence-electron chi connectivity index (χ4n) is 4.42. The van der Waals surface area contributed by atoms with Gasteiger partial charge >= 0.3 is 12.1 Å². The van der Waals surface area contributed by atoms with Crippen LogP contribution < -0.4 is 11.1 Å². The first-order valence-electron chi connectivity index (χ1n) is 10.8. The van der Waals surface area contributed by atoms with Crippen molar-refractivity contribution in [2.24, 2.45) is 5.73 Å². The summed E-state index contributed by atoms with van der Waals surface area (Å²) in [6.07, 6.45) is 1.63. The van der Waals surface area contributed by atoms with Crippen molar-refractivity contribution in [3.05, 3.63) is 65.1 Å². The maximum atomic E-state index is 14.2. The summed E-state index contributed by atoms with van der Waals surface area (Å²) in [7, 11) is 1.49. The number of anilines is 1. The number of halogens is 2. The van der Waals surface area contributed by atoms with Gasteiger partial charge in [0.05, 0.1) is 22.3 Å². The minimum Gasteiger partial charge on any atom is -0.379 e. The molecule has 3 amide bonds. The van der Waals surface area contributed by atoms with E-state index in [0.29, 0.717) is 35.1 Å². The molecular weight excluding hydrogens is 463 g/mol. The molecule has 4 rings (SSSR count). The van der Waals surface area contributed by atoms with Gasteiger partial charge in [-0.15, -0.1) is 0 Å². The number of Topliss-reactive ketones (excluding diaryl/α,β-unsaturated/α-hetero) is 1.